The third kappa shape index (κ3) is 5.61. The van der Waals surface area contributed by atoms with Gasteiger partial charge in [-0.25, -0.2) is 4.39 Å². The number of halogens is 1. The molecule has 1 aliphatic rings. The first-order chi connectivity index (χ1) is 18.0. The lowest BCUT2D eigenvalue weighted by Gasteiger charge is -2.26. The molecule has 1 fully saturated rings. The van der Waals surface area contributed by atoms with Crippen molar-refractivity contribution in [3.05, 3.63) is 111 Å². The summed E-state index contributed by atoms with van der Waals surface area (Å²) in [5.74, 6) is -0.868. The molecule has 1 aliphatic heterocycles. The van der Waals surface area contributed by atoms with Crippen LogP contribution in [0.25, 0.3) is 16.6 Å². The quantitative estimate of drug-likeness (QED) is 0.406. The van der Waals surface area contributed by atoms with Gasteiger partial charge in [0.1, 0.15) is 11.4 Å². The number of hydrogen-bond acceptors (Lipinski definition) is 5. The van der Waals surface area contributed by atoms with Crippen LogP contribution in [0.4, 0.5) is 4.39 Å². The highest BCUT2D eigenvalue weighted by molar-refractivity contribution is 5.97. The van der Waals surface area contributed by atoms with Gasteiger partial charge < -0.3 is 19.7 Å². The number of carbonyl (C=O) groups is 1. The average molecular weight is 502 g/mol. The summed E-state index contributed by atoms with van der Waals surface area (Å²) in [7, 11) is 0. The van der Waals surface area contributed by atoms with Crippen molar-refractivity contribution in [2.24, 2.45) is 0 Å². The first-order valence-electron chi connectivity index (χ1n) is 12.2. The Morgan fingerprint density at radius 1 is 0.973 bits per heavy atom. The zero-order chi connectivity index (χ0) is 25.8. The van der Waals surface area contributed by atoms with Gasteiger partial charge in [0, 0.05) is 43.4 Å². The van der Waals surface area contributed by atoms with E-state index >= 15 is 0 Å². The van der Waals surface area contributed by atoms with Crippen molar-refractivity contribution in [2.75, 3.05) is 26.3 Å². The van der Waals surface area contributed by atoms with Crippen molar-refractivity contribution in [1.82, 2.24) is 14.8 Å². The molecule has 5 rings (SSSR count). The molecule has 1 saturated heterocycles. The summed E-state index contributed by atoms with van der Waals surface area (Å²) in [5.41, 5.74) is 3.46. The molecular formula is C29H28FN3O4. The number of amides is 1. The third-order valence-corrected chi connectivity index (χ3v) is 6.56. The van der Waals surface area contributed by atoms with Crippen LogP contribution < -0.4 is 10.7 Å². The molecule has 0 unspecified atom stereocenters. The zero-order valence-corrected chi connectivity index (χ0v) is 20.3. The lowest BCUT2D eigenvalue weighted by atomic mass is 10.1. The minimum absolute atomic E-state index is 0.00698. The molecule has 3 aromatic carbocycles. The molecule has 0 radical (unpaired) electrons. The van der Waals surface area contributed by atoms with Crippen LogP contribution >= 0.6 is 0 Å². The number of carbonyl (C=O) groups excluding carboxylic acids is 1. The molecule has 0 bridgehead atoms. The maximum absolute atomic E-state index is 13.6. The van der Waals surface area contributed by atoms with Gasteiger partial charge in [-0.3, -0.25) is 14.5 Å². The Kier molecular flexibility index (Phi) is 7.41. The van der Waals surface area contributed by atoms with Crippen molar-refractivity contribution in [3.63, 3.8) is 0 Å². The second-order valence-electron chi connectivity index (χ2n) is 9.12. The molecule has 37 heavy (non-hydrogen) atoms. The monoisotopic (exact) mass is 501 g/mol. The molecule has 0 saturated carbocycles. The minimum atomic E-state index is -0.512. The topological polar surface area (TPSA) is 83.8 Å². The Labute approximate surface area is 213 Å². The van der Waals surface area contributed by atoms with Gasteiger partial charge in [-0.2, -0.15) is 0 Å². The van der Waals surface area contributed by atoms with E-state index in [1.807, 2.05) is 42.5 Å². The van der Waals surface area contributed by atoms with Crippen LogP contribution in [0.3, 0.4) is 0 Å². The summed E-state index contributed by atoms with van der Waals surface area (Å²) in [6, 6.07) is 18.9. The molecule has 4 aromatic rings. The molecule has 8 heteroatoms. The summed E-state index contributed by atoms with van der Waals surface area (Å²) < 4.78 is 20.5. The fourth-order valence-electron chi connectivity index (χ4n) is 4.55. The van der Waals surface area contributed by atoms with Gasteiger partial charge in [0.15, 0.2) is 0 Å². The zero-order valence-electron chi connectivity index (χ0n) is 20.3. The standard InChI is InChI=1S/C29H28FN3O4/c30-23-7-4-20(5-8-23)16-31-29(36)26-18-33(24-3-1-2-22(14-24)19-34)27-9-6-21(15-25(27)28(26)35)17-32-10-12-37-13-11-32/h1-9,14-15,18,34H,10-13,16-17,19H2,(H,31,36). The number of pyridine rings is 1. The van der Waals surface area contributed by atoms with E-state index < -0.39 is 5.91 Å². The molecule has 0 aliphatic carbocycles. The lowest BCUT2D eigenvalue weighted by molar-refractivity contribution is 0.0342. The average Bonchev–Trinajstić information content (AvgIpc) is 2.93. The van der Waals surface area contributed by atoms with Gasteiger partial charge in [0.05, 0.1) is 25.3 Å². The summed E-state index contributed by atoms with van der Waals surface area (Å²) in [4.78, 5) is 29.0. The molecule has 2 N–H and O–H groups in total. The lowest BCUT2D eigenvalue weighted by Crippen LogP contribution is -2.35. The summed E-state index contributed by atoms with van der Waals surface area (Å²) in [6.07, 6.45) is 1.54. The summed E-state index contributed by atoms with van der Waals surface area (Å²) in [5, 5.41) is 12.9. The van der Waals surface area contributed by atoms with Gasteiger partial charge in [-0.1, -0.05) is 30.3 Å². The van der Waals surface area contributed by atoms with Crippen molar-refractivity contribution in [3.8, 4) is 5.69 Å². The minimum Gasteiger partial charge on any atom is -0.392 e. The van der Waals surface area contributed by atoms with Gasteiger partial charge in [-0.15, -0.1) is 0 Å². The molecule has 1 amide bonds. The number of morpholine rings is 1. The van der Waals surface area contributed by atoms with E-state index in [1.165, 1.54) is 12.1 Å². The van der Waals surface area contributed by atoms with E-state index in [0.717, 1.165) is 35.5 Å². The normalized spacial score (nSPS) is 14.1. The largest absolute Gasteiger partial charge is 0.392 e. The fourth-order valence-corrected chi connectivity index (χ4v) is 4.55. The Bertz CT molecular complexity index is 1480. The Morgan fingerprint density at radius 3 is 2.49 bits per heavy atom. The van der Waals surface area contributed by atoms with Crippen LogP contribution in [-0.4, -0.2) is 46.8 Å². The SMILES string of the molecule is O=C(NCc1ccc(F)cc1)c1cn(-c2cccc(CO)c2)c2ccc(CN3CCOCC3)cc2c1=O. The van der Waals surface area contributed by atoms with Gasteiger partial charge in [0.25, 0.3) is 5.91 Å². The van der Waals surface area contributed by atoms with Gasteiger partial charge in [-0.05, 0) is 53.1 Å². The van der Waals surface area contributed by atoms with Crippen molar-refractivity contribution < 1.29 is 19.0 Å². The van der Waals surface area contributed by atoms with Crippen LogP contribution in [0.15, 0.2) is 77.7 Å². The molecule has 0 spiro atoms. The molecule has 0 atom stereocenters. The van der Waals surface area contributed by atoms with Gasteiger partial charge >= 0.3 is 0 Å². The fraction of sp³-hybridized carbons (Fsp3) is 0.241. The van der Waals surface area contributed by atoms with E-state index in [4.69, 9.17) is 4.74 Å². The number of aliphatic hydroxyl groups excluding tert-OH is 1. The van der Waals surface area contributed by atoms with Crippen LogP contribution in [0, 0.1) is 5.82 Å². The van der Waals surface area contributed by atoms with Crippen molar-refractivity contribution in [2.45, 2.75) is 19.7 Å². The number of aromatic nitrogens is 1. The van der Waals surface area contributed by atoms with E-state index in [2.05, 4.69) is 10.2 Å². The molecule has 1 aromatic heterocycles. The number of fused-ring (bicyclic) bond motifs is 1. The van der Waals surface area contributed by atoms with Crippen molar-refractivity contribution >= 4 is 16.8 Å². The second kappa shape index (κ2) is 11.0. The number of nitrogens with one attached hydrogen (secondary N) is 1. The van der Waals surface area contributed by atoms with E-state index in [9.17, 15) is 19.1 Å². The molecule has 190 valence electrons. The Hall–Kier alpha value is -3.85. The highest BCUT2D eigenvalue weighted by Gasteiger charge is 2.18. The van der Waals surface area contributed by atoms with Crippen LogP contribution in [0.1, 0.15) is 27.0 Å². The van der Waals surface area contributed by atoms with E-state index in [1.54, 1.807) is 22.9 Å². The highest BCUT2D eigenvalue weighted by Crippen LogP contribution is 2.21. The summed E-state index contributed by atoms with van der Waals surface area (Å²) in [6.45, 7) is 3.72. The molecule has 2 heterocycles. The number of hydrogen-bond donors (Lipinski definition) is 2. The predicted molar refractivity (Wildman–Crippen MR) is 139 cm³/mol. The number of ether oxygens (including phenoxy) is 1. The second-order valence-corrected chi connectivity index (χ2v) is 9.12. The van der Waals surface area contributed by atoms with E-state index in [0.29, 0.717) is 30.7 Å². The Morgan fingerprint density at radius 2 is 1.73 bits per heavy atom. The number of aliphatic hydroxyl groups is 1. The molecule has 7 nitrogen and oxygen atoms in total. The smallest absolute Gasteiger partial charge is 0.257 e. The van der Waals surface area contributed by atoms with Crippen LogP contribution in [-0.2, 0) is 24.4 Å². The third-order valence-electron chi connectivity index (χ3n) is 6.56. The van der Waals surface area contributed by atoms with Crippen molar-refractivity contribution in [1.29, 1.82) is 0 Å². The number of benzene rings is 3. The van der Waals surface area contributed by atoms with E-state index in [-0.39, 0.29) is 30.0 Å². The number of nitrogens with zero attached hydrogens (tertiary/aromatic N) is 2. The first-order valence-corrected chi connectivity index (χ1v) is 12.2. The summed E-state index contributed by atoms with van der Waals surface area (Å²) >= 11 is 0. The maximum atomic E-state index is 13.6. The van der Waals surface area contributed by atoms with Crippen LogP contribution in [0.2, 0.25) is 0 Å². The first kappa shape index (κ1) is 24.8. The maximum Gasteiger partial charge on any atom is 0.257 e. The number of rotatable bonds is 7. The predicted octanol–water partition coefficient (Wildman–Crippen LogP) is 3.38. The van der Waals surface area contributed by atoms with Gasteiger partial charge in [0.2, 0.25) is 5.43 Å². The Balaban J connectivity index is 1.55. The highest BCUT2D eigenvalue weighted by atomic mass is 19.1. The van der Waals surface area contributed by atoms with Crippen LogP contribution in [0.5, 0.6) is 0 Å². The molecular weight excluding hydrogens is 473 g/mol.